The highest BCUT2D eigenvalue weighted by Crippen LogP contribution is 2.31. The van der Waals surface area contributed by atoms with Crippen molar-refractivity contribution in [2.24, 2.45) is 0 Å². The summed E-state index contributed by atoms with van der Waals surface area (Å²) in [5.74, 6) is 1.08. The van der Waals surface area contributed by atoms with Gasteiger partial charge in [-0.25, -0.2) is 4.39 Å². The van der Waals surface area contributed by atoms with Crippen LogP contribution in [0.4, 0.5) is 4.39 Å². The Bertz CT molecular complexity index is 591. The molecule has 19 heavy (non-hydrogen) atoms. The van der Waals surface area contributed by atoms with E-state index in [1.165, 1.54) is 12.1 Å². The molecular formula is C16H15FO2. The van der Waals surface area contributed by atoms with Gasteiger partial charge in [-0.3, -0.25) is 0 Å². The van der Waals surface area contributed by atoms with Crippen molar-refractivity contribution in [3.05, 3.63) is 59.4 Å². The van der Waals surface area contributed by atoms with E-state index in [-0.39, 0.29) is 5.82 Å². The van der Waals surface area contributed by atoms with E-state index in [4.69, 9.17) is 9.47 Å². The Morgan fingerprint density at radius 1 is 0.947 bits per heavy atom. The number of para-hydroxylation sites is 1. The summed E-state index contributed by atoms with van der Waals surface area (Å²) in [7, 11) is 3.19. The Hall–Kier alpha value is -2.29. The summed E-state index contributed by atoms with van der Waals surface area (Å²) < 4.78 is 23.6. The average Bonchev–Trinajstić information content (AvgIpc) is 2.44. The molecule has 0 aliphatic rings. The van der Waals surface area contributed by atoms with Gasteiger partial charge in [0.15, 0.2) is 11.5 Å². The molecule has 98 valence electrons. The highest BCUT2D eigenvalue weighted by molar-refractivity contribution is 5.74. The van der Waals surface area contributed by atoms with Crippen LogP contribution in [0.5, 0.6) is 11.5 Å². The summed E-state index contributed by atoms with van der Waals surface area (Å²) >= 11 is 0. The SMILES string of the molecule is COc1cccc(C=Cc2cccc(F)c2)c1OC. The zero-order chi connectivity index (χ0) is 13.7. The van der Waals surface area contributed by atoms with E-state index in [0.717, 1.165) is 11.1 Å². The first kappa shape index (κ1) is 13.1. The van der Waals surface area contributed by atoms with E-state index < -0.39 is 0 Å². The Morgan fingerprint density at radius 2 is 1.74 bits per heavy atom. The molecular weight excluding hydrogens is 243 g/mol. The minimum Gasteiger partial charge on any atom is -0.493 e. The predicted molar refractivity (Wildman–Crippen MR) is 74.9 cm³/mol. The van der Waals surface area contributed by atoms with E-state index in [1.54, 1.807) is 20.3 Å². The first-order valence-corrected chi connectivity index (χ1v) is 5.89. The van der Waals surface area contributed by atoms with Gasteiger partial charge in [0.1, 0.15) is 5.82 Å². The van der Waals surface area contributed by atoms with Gasteiger partial charge in [-0.2, -0.15) is 0 Å². The molecule has 0 atom stereocenters. The molecule has 2 aromatic carbocycles. The van der Waals surface area contributed by atoms with Gasteiger partial charge in [0.05, 0.1) is 14.2 Å². The van der Waals surface area contributed by atoms with Crippen LogP contribution in [-0.2, 0) is 0 Å². The molecule has 0 bridgehead atoms. The molecule has 3 heteroatoms. The molecule has 0 saturated heterocycles. The van der Waals surface area contributed by atoms with Gasteiger partial charge in [0.25, 0.3) is 0 Å². The van der Waals surface area contributed by atoms with Crippen molar-refractivity contribution < 1.29 is 13.9 Å². The van der Waals surface area contributed by atoms with Crippen molar-refractivity contribution in [1.82, 2.24) is 0 Å². The molecule has 0 unspecified atom stereocenters. The summed E-state index contributed by atoms with van der Waals surface area (Å²) in [5, 5.41) is 0. The molecule has 0 N–H and O–H groups in total. The van der Waals surface area contributed by atoms with Gasteiger partial charge in [-0.05, 0) is 23.8 Å². The largest absolute Gasteiger partial charge is 0.493 e. The maximum absolute atomic E-state index is 13.1. The number of methoxy groups -OCH3 is 2. The van der Waals surface area contributed by atoms with Crippen LogP contribution in [0.25, 0.3) is 12.2 Å². The van der Waals surface area contributed by atoms with Gasteiger partial charge in [-0.15, -0.1) is 0 Å². The zero-order valence-corrected chi connectivity index (χ0v) is 10.9. The van der Waals surface area contributed by atoms with Gasteiger partial charge in [-0.1, -0.05) is 36.4 Å². The molecule has 2 rings (SSSR count). The molecule has 0 fully saturated rings. The lowest BCUT2D eigenvalue weighted by Crippen LogP contribution is -1.92. The molecule has 2 nitrogen and oxygen atoms in total. The molecule has 2 aromatic rings. The van der Waals surface area contributed by atoms with Gasteiger partial charge in [0.2, 0.25) is 0 Å². The third-order valence-electron chi connectivity index (χ3n) is 2.74. The van der Waals surface area contributed by atoms with Crippen molar-refractivity contribution >= 4 is 12.2 Å². The standard InChI is InChI=1S/C16H15FO2/c1-18-15-8-4-6-13(16(15)19-2)10-9-12-5-3-7-14(17)11-12/h3-11H,1-2H3. The highest BCUT2D eigenvalue weighted by Gasteiger charge is 2.06. The summed E-state index contributed by atoms with van der Waals surface area (Å²) in [6, 6.07) is 12.0. The minimum atomic E-state index is -0.250. The molecule has 0 spiro atoms. The Balaban J connectivity index is 2.33. The van der Waals surface area contributed by atoms with Crippen molar-refractivity contribution in [1.29, 1.82) is 0 Å². The number of benzene rings is 2. The third kappa shape index (κ3) is 3.13. The zero-order valence-electron chi connectivity index (χ0n) is 10.9. The maximum Gasteiger partial charge on any atom is 0.167 e. The van der Waals surface area contributed by atoms with Crippen molar-refractivity contribution in [2.75, 3.05) is 14.2 Å². The van der Waals surface area contributed by atoms with E-state index in [0.29, 0.717) is 11.5 Å². The summed E-state index contributed by atoms with van der Waals surface area (Å²) in [4.78, 5) is 0. The maximum atomic E-state index is 13.1. The lowest BCUT2D eigenvalue weighted by Gasteiger charge is -2.09. The van der Waals surface area contributed by atoms with Crippen molar-refractivity contribution in [3.8, 4) is 11.5 Å². The second-order valence-electron chi connectivity index (χ2n) is 3.97. The van der Waals surface area contributed by atoms with Gasteiger partial charge < -0.3 is 9.47 Å². The number of hydrogen-bond acceptors (Lipinski definition) is 2. The minimum absolute atomic E-state index is 0.250. The van der Waals surface area contributed by atoms with Crippen molar-refractivity contribution in [3.63, 3.8) is 0 Å². The molecule has 0 heterocycles. The van der Waals surface area contributed by atoms with E-state index in [9.17, 15) is 4.39 Å². The van der Waals surface area contributed by atoms with Crippen LogP contribution in [0.3, 0.4) is 0 Å². The van der Waals surface area contributed by atoms with Crippen LogP contribution < -0.4 is 9.47 Å². The number of hydrogen-bond donors (Lipinski definition) is 0. The smallest absolute Gasteiger partial charge is 0.167 e. The summed E-state index contributed by atoms with van der Waals surface area (Å²) in [5.41, 5.74) is 1.68. The summed E-state index contributed by atoms with van der Waals surface area (Å²) in [6.45, 7) is 0. The molecule has 0 saturated carbocycles. The van der Waals surface area contributed by atoms with E-state index in [1.807, 2.05) is 36.4 Å². The number of rotatable bonds is 4. The Labute approximate surface area is 112 Å². The second-order valence-corrected chi connectivity index (χ2v) is 3.97. The van der Waals surface area contributed by atoms with Gasteiger partial charge >= 0.3 is 0 Å². The third-order valence-corrected chi connectivity index (χ3v) is 2.74. The fourth-order valence-corrected chi connectivity index (χ4v) is 1.84. The normalized spacial score (nSPS) is 10.7. The second kappa shape index (κ2) is 6.05. The molecule has 0 amide bonds. The van der Waals surface area contributed by atoms with E-state index in [2.05, 4.69) is 0 Å². The Kier molecular flexibility index (Phi) is 4.18. The van der Waals surface area contributed by atoms with Crippen molar-refractivity contribution in [2.45, 2.75) is 0 Å². The molecule has 0 aliphatic carbocycles. The van der Waals surface area contributed by atoms with Crippen LogP contribution in [0.15, 0.2) is 42.5 Å². The quantitative estimate of drug-likeness (QED) is 0.771. The lowest BCUT2D eigenvalue weighted by atomic mass is 10.1. The molecule has 0 aliphatic heterocycles. The van der Waals surface area contributed by atoms with E-state index >= 15 is 0 Å². The lowest BCUT2D eigenvalue weighted by molar-refractivity contribution is 0.354. The fraction of sp³-hybridized carbons (Fsp3) is 0.125. The van der Waals surface area contributed by atoms with Crippen LogP contribution in [0.2, 0.25) is 0 Å². The van der Waals surface area contributed by atoms with Gasteiger partial charge in [0, 0.05) is 5.56 Å². The first-order valence-electron chi connectivity index (χ1n) is 5.89. The Morgan fingerprint density at radius 3 is 2.42 bits per heavy atom. The first-order chi connectivity index (χ1) is 9.24. The molecule has 0 aromatic heterocycles. The molecule has 0 radical (unpaired) electrons. The average molecular weight is 258 g/mol. The summed E-state index contributed by atoms with van der Waals surface area (Å²) in [6.07, 6.45) is 3.70. The monoisotopic (exact) mass is 258 g/mol. The predicted octanol–water partition coefficient (Wildman–Crippen LogP) is 4.01. The van der Waals surface area contributed by atoms with Crippen LogP contribution in [0.1, 0.15) is 11.1 Å². The topological polar surface area (TPSA) is 18.5 Å². The fourth-order valence-electron chi connectivity index (χ4n) is 1.84. The van der Waals surface area contributed by atoms with Crippen LogP contribution in [-0.4, -0.2) is 14.2 Å². The van der Waals surface area contributed by atoms with Crippen LogP contribution >= 0.6 is 0 Å². The number of ether oxygens (including phenoxy) is 2. The number of halogens is 1. The highest BCUT2D eigenvalue weighted by atomic mass is 19.1. The van der Waals surface area contributed by atoms with Crippen LogP contribution in [0, 0.1) is 5.82 Å².